The Morgan fingerprint density at radius 3 is 2.75 bits per heavy atom. The maximum absolute atomic E-state index is 12.9. The number of halogens is 1. The van der Waals surface area contributed by atoms with E-state index < -0.39 is 18.0 Å². The number of carbonyl (C=O) groups excluding carboxylic acids is 4. The van der Waals surface area contributed by atoms with Crippen LogP contribution in [0.25, 0.3) is 0 Å². The number of nitrogens with one attached hydrogen (secondary N) is 1. The Balaban J connectivity index is 1.50. The molecule has 0 aliphatic carbocycles. The number of nitriles is 1. The number of imide groups is 1. The SMILES string of the molecule is CN(C(=O)Oc1ccc2c(c1)C(=O)N(C1CCC(=O)NC1=O)C2)c1cc(Cl)cc(C#N)c1. The van der Waals surface area contributed by atoms with Gasteiger partial charge in [-0.1, -0.05) is 17.7 Å². The van der Waals surface area contributed by atoms with Gasteiger partial charge in [-0.3, -0.25) is 24.6 Å². The molecular formula is C22H17ClN4O5. The van der Waals surface area contributed by atoms with E-state index in [1.807, 2.05) is 6.07 Å². The first-order valence-electron chi connectivity index (χ1n) is 9.70. The molecule has 4 amide bonds. The highest BCUT2D eigenvalue weighted by atomic mass is 35.5. The molecule has 1 fully saturated rings. The van der Waals surface area contributed by atoms with Gasteiger partial charge in [0, 0.05) is 36.3 Å². The number of nitrogens with zero attached hydrogens (tertiary/aromatic N) is 3. The first-order valence-corrected chi connectivity index (χ1v) is 10.1. The van der Waals surface area contributed by atoms with E-state index in [1.165, 1.54) is 41.1 Å². The van der Waals surface area contributed by atoms with Crippen molar-refractivity contribution in [3.05, 3.63) is 58.1 Å². The van der Waals surface area contributed by atoms with Crippen LogP contribution in [0.2, 0.25) is 5.02 Å². The summed E-state index contributed by atoms with van der Waals surface area (Å²) in [5.74, 6) is -1.06. The van der Waals surface area contributed by atoms with Crippen LogP contribution < -0.4 is 15.0 Å². The van der Waals surface area contributed by atoms with Gasteiger partial charge in [-0.15, -0.1) is 0 Å². The summed E-state index contributed by atoms with van der Waals surface area (Å²) in [5, 5.41) is 11.6. The van der Waals surface area contributed by atoms with Crippen molar-refractivity contribution in [3.8, 4) is 11.8 Å². The van der Waals surface area contributed by atoms with Gasteiger partial charge in [-0.2, -0.15) is 5.26 Å². The number of rotatable bonds is 3. The van der Waals surface area contributed by atoms with E-state index in [4.69, 9.17) is 21.6 Å². The van der Waals surface area contributed by atoms with E-state index in [2.05, 4.69) is 5.32 Å². The molecule has 2 aromatic rings. The maximum atomic E-state index is 12.9. The number of benzene rings is 2. The Morgan fingerprint density at radius 1 is 1.25 bits per heavy atom. The van der Waals surface area contributed by atoms with Crippen LogP contribution in [-0.2, 0) is 16.1 Å². The highest BCUT2D eigenvalue weighted by molar-refractivity contribution is 6.31. The fourth-order valence-electron chi connectivity index (χ4n) is 3.70. The van der Waals surface area contributed by atoms with E-state index in [0.29, 0.717) is 27.4 Å². The van der Waals surface area contributed by atoms with Crippen LogP contribution in [0.3, 0.4) is 0 Å². The topological polar surface area (TPSA) is 120 Å². The Bertz CT molecular complexity index is 1210. The van der Waals surface area contributed by atoms with Crippen LogP contribution in [0.4, 0.5) is 10.5 Å². The minimum Gasteiger partial charge on any atom is -0.410 e. The predicted octanol–water partition coefficient (Wildman–Crippen LogP) is 2.61. The third kappa shape index (κ3) is 4.00. The highest BCUT2D eigenvalue weighted by Gasteiger charge is 2.39. The molecule has 2 aromatic carbocycles. The third-order valence-electron chi connectivity index (χ3n) is 5.38. The average molecular weight is 453 g/mol. The summed E-state index contributed by atoms with van der Waals surface area (Å²) in [6.45, 7) is 0.230. The molecule has 1 N–H and O–H groups in total. The number of hydrogen-bond acceptors (Lipinski definition) is 6. The molecule has 2 aliphatic rings. The van der Waals surface area contributed by atoms with E-state index in [0.717, 1.165) is 0 Å². The zero-order valence-corrected chi connectivity index (χ0v) is 17.7. The largest absolute Gasteiger partial charge is 0.419 e. The summed E-state index contributed by atoms with van der Waals surface area (Å²) >= 11 is 5.99. The van der Waals surface area contributed by atoms with Gasteiger partial charge >= 0.3 is 6.09 Å². The molecule has 0 bridgehead atoms. The number of amides is 4. The molecule has 1 unspecified atom stereocenters. The summed E-state index contributed by atoms with van der Waals surface area (Å²) in [7, 11) is 1.47. The van der Waals surface area contributed by atoms with Crippen molar-refractivity contribution in [3.63, 3.8) is 0 Å². The molecule has 1 atom stereocenters. The van der Waals surface area contributed by atoms with Crippen LogP contribution in [0, 0.1) is 11.3 Å². The summed E-state index contributed by atoms with van der Waals surface area (Å²) in [6, 6.07) is 10.4. The van der Waals surface area contributed by atoms with Crippen molar-refractivity contribution < 1.29 is 23.9 Å². The Morgan fingerprint density at radius 2 is 2.03 bits per heavy atom. The molecule has 1 saturated heterocycles. The molecule has 0 aromatic heterocycles. The smallest absolute Gasteiger partial charge is 0.410 e. The van der Waals surface area contributed by atoms with Crippen LogP contribution in [0.5, 0.6) is 5.75 Å². The van der Waals surface area contributed by atoms with Gasteiger partial charge in [0.25, 0.3) is 5.91 Å². The van der Waals surface area contributed by atoms with Crippen molar-refractivity contribution in [2.24, 2.45) is 0 Å². The lowest BCUT2D eigenvalue weighted by atomic mass is 10.0. The van der Waals surface area contributed by atoms with Gasteiger partial charge < -0.3 is 9.64 Å². The summed E-state index contributed by atoms with van der Waals surface area (Å²) in [4.78, 5) is 51.6. The molecule has 0 radical (unpaired) electrons. The molecule has 0 saturated carbocycles. The average Bonchev–Trinajstić information content (AvgIpc) is 3.08. The Kier molecular flexibility index (Phi) is 5.55. The van der Waals surface area contributed by atoms with Gasteiger partial charge in [0.05, 0.1) is 11.6 Å². The monoisotopic (exact) mass is 452 g/mol. The van der Waals surface area contributed by atoms with Gasteiger partial charge in [0.2, 0.25) is 11.8 Å². The van der Waals surface area contributed by atoms with E-state index in [1.54, 1.807) is 12.1 Å². The lowest BCUT2D eigenvalue weighted by Gasteiger charge is -2.29. The van der Waals surface area contributed by atoms with Crippen molar-refractivity contribution in [1.82, 2.24) is 10.2 Å². The van der Waals surface area contributed by atoms with Crippen LogP contribution in [0.15, 0.2) is 36.4 Å². The van der Waals surface area contributed by atoms with Gasteiger partial charge in [-0.25, -0.2) is 4.79 Å². The highest BCUT2D eigenvalue weighted by Crippen LogP contribution is 2.30. The normalized spacial score (nSPS) is 17.5. The zero-order valence-electron chi connectivity index (χ0n) is 16.9. The number of ether oxygens (including phenoxy) is 1. The molecular weight excluding hydrogens is 436 g/mol. The van der Waals surface area contributed by atoms with Crippen molar-refractivity contribution in [2.75, 3.05) is 11.9 Å². The van der Waals surface area contributed by atoms with Gasteiger partial charge in [0.1, 0.15) is 11.8 Å². The van der Waals surface area contributed by atoms with Crippen LogP contribution in [0.1, 0.15) is 34.3 Å². The van der Waals surface area contributed by atoms with Crippen LogP contribution in [-0.4, -0.2) is 41.8 Å². The first kappa shape index (κ1) is 21.3. The quantitative estimate of drug-likeness (QED) is 0.715. The van der Waals surface area contributed by atoms with Gasteiger partial charge in [0.15, 0.2) is 0 Å². The molecule has 0 spiro atoms. The second kappa shape index (κ2) is 8.32. The lowest BCUT2D eigenvalue weighted by molar-refractivity contribution is -0.136. The number of fused-ring (bicyclic) bond motifs is 1. The van der Waals surface area contributed by atoms with Crippen molar-refractivity contribution in [2.45, 2.75) is 25.4 Å². The molecule has 162 valence electrons. The van der Waals surface area contributed by atoms with Gasteiger partial charge in [-0.05, 0) is 42.3 Å². The maximum Gasteiger partial charge on any atom is 0.419 e. The zero-order chi connectivity index (χ0) is 23.0. The van der Waals surface area contributed by atoms with E-state index in [-0.39, 0.29) is 37.0 Å². The minimum atomic E-state index is -0.733. The molecule has 10 heteroatoms. The third-order valence-corrected chi connectivity index (χ3v) is 5.60. The fraction of sp³-hybridized carbons (Fsp3) is 0.227. The standard InChI is InChI=1S/C22H17ClN4O5/c1-26(15-7-12(10-24)6-14(23)8-15)22(31)32-16-3-2-13-11-27(21(30)17(13)9-16)18-4-5-19(28)25-20(18)29/h2-3,6-9,18H,4-5,11H2,1H3,(H,25,28,29). The number of carbonyl (C=O) groups is 4. The number of piperidine rings is 1. The van der Waals surface area contributed by atoms with E-state index >= 15 is 0 Å². The predicted molar refractivity (Wildman–Crippen MR) is 113 cm³/mol. The lowest BCUT2D eigenvalue weighted by Crippen LogP contribution is -2.52. The molecule has 32 heavy (non-hydrogen) atoms. The van der Waals surface area contributed by atoms with E-state index in [9.17, 15) is 19.2 Å². The number of anilines is 1. The summed E-state index contributed by atoms with van der Waals surface area (Å²) in [5.41, 5.74) is 1.70. The Hall–Kier alpha value is -3.90. The molecule has 2 heterocycles. The molecule has 2 aliphatic heterocycles. The fourth-order valence-corrected chi connectivity index (χ4v) is 3.93. The number of hydrogen-bond donors (Lipinski definition) is 1. The van der Waals surface area contributed by atoms with Crippen molar-refractivity contribution in [1.29, 1.82) is 5.26 Å². The first-order chi connectivity index (χ1) is 15.3. The van der Waals surface area contributed by atoms with Crippen LogP contribution >= 0.6 is 11.6 Å². The second-order valence-corrected chi connectivity index (χ2v) is 7.89. The summed E-state index contributed by atoms with van der Waals surface area (Å²) < 4.78 is 5.40. The summed E-state index contributed by atoms with van der Waals surface area (Å²) in [6.07, 6.45) is -0.298. The minimum absolute atomic E-state index is 0.154. The second-order valence-electron chi connectivity index (χ2n) is 7.46. The molecule has 9 nitrogen and oxygen atoms in total. The molecule has 4 rings (SSSR count). The van der Waals surface area contributed by atoms with Crippen molar-refractivity contribution >= 4 is 41.1 Å². The Labute approximate surface area is 188 Å².